The normalized spacial score (nSPS) is 27.2. The first-order valence-electron chi connectivity index (χ1n) is 11.1. The highest BCUT2D eigenvalue weighted by molar-refractivity contribution is 5.82. The Kier molecular flexibility index (Phi) is 12.7. The fourth-order valence-corrected chi connectivity index (χ4v) is 3.32. The molecule has 0 aliphatic carbocycles. The summed E-state index contributed by atoms with van der Waals surface area (Å²) in [5.41, 5.74) is 0.237. The summed E-state index contributed by atoms with van der Waals surface area (Å²) < 4.78 is 10.7. The van der Waals surface area contributed by atoms with Crippen molar-refractivity contribution in [2.24, 2.45) is 11.8 Å². The lowest BCUT2D eigenvalue weighted by Gasteiger charge is -2.39. The molecule has 0 unspecified atom stereocenters. The van der Waals surface area contributed by atoms with Gasteiger partial charge in [-0.3, -0.25) is 4.79 Å². The minimum absolute atomic E-state index is 0.0339. The Morgan fingerprint density at radius 1 is 1.12 bits per heavy atom. The Hall–Kier alpha value is -1.78. The lowest BCUT2D eigenvalue weighted by molar-refractivity contribution is -0.187. The van der Waals surface area contributed by atoms with Gasteiger partial charge in [-0.25, -0.2) is 4.79 Å². The van der Waals surface area contributed by atoms with Crippen LogP contribution in [0, 0.1) is 11.8 Å². The number of aliphatic carboxylic acids is 1. The van der Waals surface area contributed by atoms with Crippen LogP contribution in [-0.2, 0) is 19.1 Å². The van der Waals surface area contributed by atoms with Gasteiger partial charge in [-0.2, -0.15) is 0 Å². The zero-order valence-corrected chi connectivity index (χ0v) is 19.1. The van der Waals surface area contributed by atoms with Crippen molar-refractivity contribution in [3.63, 3.8) is 0 Å². The molecule has 1 aliphatic heterocycles. The van der Waals surface area contributed by atoms with E-state index in [4.69, 9.17) is 14.6 Å². The number of aliphatic hydroxyl groups is 4. The van der Waals surface area contributed by atoms with Crippen LogP contribution >= 0.6 is 0 Å². The van der Waals surface area contributed by atoms with Crippen LogP contribution < -0.4 is 0 Å². The highest BCUT2D eigenvalue weighted by Crippen LogP contribution is 2.27. The molecule has 0 amide bonds. The number of rotatable bonds is 13. The van der Waals surface area contributed by atoms with Gasteiger partial charge in [-0.1, -0.05) is 19.1 Å². The van der Waals surface area contributed by atoms with Crippen molar-refractivity contribution in [2.75, 3.05) is 13.2 Å². The molecule has 1 saturated heterocycles. The van der Waals surface area contributed by atoms with Gasteiger partial charge in [-0.05, 0) is 51.0 Å². The largest absolute Gasteiger partial charge is 0.481 e. The van der Waals surface area contributed by atoms with E-state index in [0.29, 0.717) is 25.7 Å². The standard InChI is InChI=1S/C23H38O9/c1-14(16(3)24)8-7-9-17-13-32-23(22(30)21(17)29)20(28)15(2)12-19(27)31-11-6-4-5-10-18(25)26/h7-8,12,14,16-17,20-24,28-30H,4-6,9-11,13H2,1-3H3,(H,25,26)/b8-7+,15-12+/t14-,16+,17+,20-,21-,22-,23+/m1/s1. The monoisotopic (exact) mass is 458 g/mol. The molecule has 0 saturated carbocycles. The van der Waals surface area contributed by atoms with E-state index in [1.54, 1.807) is 6.92 Å². The summed E-state index contributed by atoms with van der Waals surface area (Å²) in [5, 5.41) is 49.5. The second-order valence-electron chi connectivity index (χ2n) is 8.51. The zero-order chi connectivity index (χ0) is 24.3. The third-order valence-corrected chi connectivity index (χ3v) is 5.71. The van der Waals surface area contributed by atoms with Gasteiger partial charge >= 0.3 is 11.9 Å². The first-order valence-corrected chi connectivity index (χ1v) is 11.1. The Balaban J connectivity index is 2.50. The van der Waals surface area contributed by atoms with Crippen molar-refractivity contribution in [3.8, 4) is 0 Å². The Morgan fingerprint density at radius 2 is 1.81 bits per heavy atom. The maximum Gasteiger partial charge on any atom is 0.330 e. The van der Waals surface area contributed by atoms with Crippen molar-refractivity contribution in [1.29, 1.82) is 0 Å². The number of carboxylic acid groups (broad SMARTS) is 1. The van der Waals surface area contributed by atoms with E-state index >= 15 is 0 Å². The van der Waals surface area contributed by atoms with Crippen LogP contribution in [0.1, 0.15) is 52.9 Å². The molecule has 0 aromatic rings. The summed E-state index contributed by atoms with van der Waals surface area (Å²) in [6.45, 7) is 5.34. The van der Waals surface area contributed by atoms with Crippen LogP contribution in [-0.4, -0.2) is 81.2 Å². The summed E-state index contributed by atoms with van der Waals surface area (Å²) in [4.78, 5) is 22.4. The number of allylic oxidation sites excluding steroid dienone is 1. The molecule has 9 heteroatoms. The molecule has 184 valence electrons. The molecule has 0 spiro atoms. The number of esters is 1. The van der Waals surface area contributed by atoms with Crippen molar-refractivity contribution in [1.82, 2.24) is 0 Å². The van der Waals surface area contributed by atoms with E-state index < -0.39 is 42.5 Å². The van der Waals surface area contributed by atoms with Crippen LogP contribution in [0.5, 0.6) is 0 Å². The van der Waals surface area contributed by atoms with Crippen LogP contribution in [0.4, 0.5) is 0 Å². The van der Waals surface area contributed by atoms with Crippen LogP contribution in [0.2, 0.25) is 0 Å². The first kappa shape index (κ1) is 28.3. The molecule has 1 fully saturated rings. The highest BCUT2D eigenvalue weighted by Gasteiger charge is 2.41. The van der Waals surface area contributed by atoms with Gasteiger partial charge in [0.05, 0.1) is 25.4 Å². The lowest BCUT2D eigenvalue weighted by atomic mass is 9.86. The summed E-state index contributed by atoms with van der Waals surface area (Å²) >= 11 is 0. The zero-order valence-electron chi connectivity index (χ0n) is 19.1. The van der Waals surface area contributed by atoms with E-state index in [9.17, 15) is 30.0 Å². The molecule has 1 rings (SSSR count). The predicted molar refractivity (Wildman–Crippen MR) is 117 cm³/mol. The van der Waals surface area contributed by atoms with Gasteiger partial charge in [0.1, 0.15) is 18.3 Å². The van der Waals surface area contributed by atoms with E-state index in [0.717, 1.165) is 6.08 Å². The second-order valence-corrected chi connectivity index (χ2v) is 8.51. The van der Waals surface area contributed by atoms with Crippen molar-refractivity contribution >= 4 is 11.9 Å². The summed E-state index contributed by atoms with van der Waals surface area (Å²) in [5.74, 6) is -1.91. The number of aliphatic hydroxyl groups excluding tert-OH is 4. The maximum atomic E-state index is 11.9. The number of hydrogen-bond donors (Lipinski definition) is 5. The van der Waals surface area contributed by atoms with E-state index in [2.05, 4.69) is 0 Å². The number of carboxylic acids is 1. The van der Waals surface area contributed by atoms with E-state index in [-0.39, 0.29) is 37.0 Å². The fourth-order valence-electron chi connectivity index (χ4n) is 3.32. The number of carbonyl (C=O) groups excluding carboxylic acids is 1. The Labute approximate surface area is 189 Å². The van der Waals surface area contributed by atoms with Gasteiger partial charge < -0.3 is 35.0 Å². The average molecular weight is 459 g/mol. The third kappa shape index (κ3) is 9.79. The lowest BCUT2D eigenvalue weighted by Crippen LogP contribution is -2.54. The van der Waals surface area contributed by atoms with E-state index in [1.807, 2.05) is 19.1 Å². The summed E-state index contributed by atoms with van der Waals surface area (Å²) in [6.07, 6.45) is 1.69. The fraction of sp³-hybridized carbons (Fsp3) is 0.739. The number of ether oxygens (including phenoxy) is 2. The topological polar surface area (TPSA) is 154 Å². The van der Waals surface area contributed by atoms with Crippen molar-refractivity contribution in [2.45, 2.75) is 83.4 Å². The molecule has 7 atom stereocenters. The van der Waals surface area contributed by atoms with Gasteiger partial charge in [0.25, 0.3) is 0 Å². The average Bonchev–Trinajstić information content (AvgIpc) is 2.72. The molecular weight excluding hydrogens is 420 g/mol. The second kappa shape index (κ2) is 14.4. The summed E-state index contributed by atoms with van der Waals surface area (Å²) in [7, 11) is 0. The molecule has 5 N–H and O–H groups in total. The highest BCUT2D eigenvalue weighted by atomic mass is 16.5. The Morgan fingerprint density at radius 3 is 2.44 bits per heavy atom. The molecule has 1 heterocycles. The Bertz CT molecular complexity index is 643. The molecule has 32 heavy (non-hydrogen) atoms. The third-order valence-electron chi connectivity index (χ3n) is 5.71. The van der Waals surface area contributed by atoms with E-state index in [1.165, 1.54) is 6.92 Å². The first-order chi connectivity index (χ1) is 15.0. The van der Waals surface area contributed by atoms with Crippen molar-refractivity contribution < 1.29 is 44.6 Å². The van der Waals surface area contributed by atoms with Crippen LogP contribution in [0.25, 0.3) is 0 Å². The quantitative estimate of drug-likeness (QED) is 0.118. The molecule has 9 nitrogen and oxygen atoms in total. The van der Waals surface area contributed by atoms with Gasteiger partial charge in [0, 0.05) is 18.4 Å². The minimum atomic E-state index is -1.33. The smallest absolute Gasteiger partial charge is 0.330 e. The molecular formula is C23H38O9. The molecule has 0 radical (unpaired) electrons. The SMILES string of the molecule is C/C(=C\C(=O)OCCCCCC(=O)O)[C@@H](O)[C@@H]1OC[C@H](C/C=C/[C@@H](C)[C@H](C)O)[C@@H](O)[C@H]1O. The van der Waals surface area contributed by atoms with Crippen LogP contribution in [0.3, 0.4) is 0 Å². The summed E-state index contributed by atoms with van der Waals surface area (Å²) in [6, 6.07) is 0. The number of unbranched alkanes of at least 4 members (excludes halogenated alkanes) is 2. The predicted octanol–water partition coefficient (Wildman–Crippen LogP) is 1.18. The van der Waals surface area contributed by atoms with Gasteiger partial charge in [0.15, 0.2) is 0 Å². The van der Waals surface area contributed by atoms with Gasteiger partial charge in [0.2, 0.25) is 0 Å². The van der Waals surface area contributed by atoms with Crippen LogP contribution in [0.15, 0.2) is 23.8 Å². The number of hydrogen-bond acceptors (Lipinski definition) is 8. The molecule has 0 aromatic heterocycles. The molecule has 1 aliphatic rings. The molecule has 0 bridgehead atoms. The van der Waals surface area contributed by atoms with Crippen molar-refractivity contribution in [3.05, 3.63) is 23.8 Å². The minimum Gasteiger partial charge on any atom is -0.481 e. The van der Waals surface area contributed by atoms with Gasteiger partial charge in [-0.15, -0.1) is 0 Å². The maximum absolute atomic E-state index is 11.9. The molecule has 0 aromatic carbocycles. The number of carbonyl (C=O) groups is 2.